The Morgan fingerprint density at radius 3 is 2.42 bits per heavy atom. The summed E-state index contributed by atoms with van der Waals surface area (Å²) in [5, 5.41) is 2.83. The lowest BCUT2D eigenvalue weighted by Crippen LogP contribution is -2.66. The number of halogens is 1. The van der Waals surface area contributed by atoms with Crippen LogP contribution in [0.5, 0.6) is 0 Å². The monoisotopic (exact) mass is 272 g/mol. The van der Waals surface area contributed by atoms with Gasteiger partial charge in [-0.3, -0.25) is 14.0 Å². The second kappa shape index (κ2) is 6.87. The largest absolute Gasteiger partial charge is 0.342 e. The van der Waals surface area contributed by atoms with E-state index in [0.717, 1.165) is 6.42 Å². The lowest BCUT2D eigenvalue weighted by molar-refractivity contribution is -0.152. The molecule has 0 aromatic carbocycles. The van der Waals surface area contributed by atoms with E-state index in [9.17, 15) is 14.0 Å². The van der Waals surface area contributed by atoms with Crippen molar-refractivity contribution in [2.24, 2.45) is 11.8 Å². The predicted octanol–water partition coefficient (Wildman–Crippen LogP) is 1.74. The highest BCUT2D eigenvalue weighted by atomic mass is 19.1. The van der Waals surface area contributed by atoms with Gasteiger partial charge in [0, 0.05) is 6.54 Å². The third kappa shape index (κ3) is 3.45. The van der Waals surface area contributed by atoms with Crippen LogP contribution in [0.15, 0.2) is 0 Å². The molecule has 0 bridgehead atoms. The summed E-state index contributed by atoms with van der Waals surface area (Å²) in [5.41, 5.74) is 0. The number of hydrogen-bond donors (Lipinski definition) is 1. The van der Waals surface area contributed by atoms with Crippen LogP contribution in [0.2, 0.25) is 0 Å². The summed E-state index contributed by atoms with van der Waals surface area (Å²) in [6.07, 6.45) is 1.11. The Kier molecular flexibility index (Phi) is 5.76. The highest BCUT2D eigenvalue weighted by Gasteiger charge is 2.42. The molecule has 0 aromatic heterocycles. The van der Waals surface area contributed by atoms with E-state index in [1.807, 2.05) is 27.7 Å². The van der Waals surface area contributed by atoms with Gasteiger partial charge in [0.15, 0.2) is 0 Å². The minimum Gasteiger partial charge on any atom is -0.342 e. The minimum absolute atomic E-state index is 0.0291. The summed E-state index contributed by atoms with van der Waals surface area (Å²) in [6.45, 7) is 7.60. The van der Waals surface area contributed by atoms with Crippen molar-refractivity contribution < 1.29 is 14.0 Å². The molecule has 1 fully saturated rings. The maximum absolute atomic E-state index is 12.5. The number of alkyl halides is 1. The molecule has 1 heterocycles. The smallest absolute Gasteiger partial charge is 0.246 e. The zero-order chi connectivity index (χ0) is 14.6. The van der Waals surface area contributed by atoms with Gasteiger partial charge in [-0.2, -0.15) is 0 Å². The predicted molar refractivity (Wildman–Crippen MR) is 72.3 cm³/mol. The van der Waals surface area contributed by atoms with E-state index >= 15 is 0 Å². The van der Waals surface area contributed by atoms with Crippen molar-refractivity contribution >= 4 is 11.8 Å². The standard InChI is InChI=1S/C14H25FN2O2/c1-5-10(4)11-14(19)17(8-6-7-15)12(9(2)3)13(18)16-11/h9-12H,5-8H2,1-4H3,(H,16,18). The highest BCUT2D eigenvalue weighted by Crippen LogP contribution is 2.22. The van der Waals surface area contributed by atoms with E-state index in [4.69, 9.17) is 0 Å². The number of carbonyl (C=O) groups excluding carboxylic acids is 2. The molecule has 0 spiro atoms. The van der Waals surface area contributed by atoms with Crippen molar-refractivity contribution in [1.29, 1.82) is 0 Å². The van der Waals surface area contributed by atoms with Crippen LogP contribution in [0.25, 0.3) is 0 Å². The zero-order valence-corrected chi connectivity index (χ0v) is 12.3. The van der Waals surface area contributed by atoms with Crippen LogP contribution in [-0.4, -0.2) is 42.0 Å². The topological polar surface area (TPSA) is 49.4 Å². The van der Waals surface area contributed by atoms with Crippen LogP contribution in [0.1, 0.15) is 40.5 Å². The van der Waals surface area contributed by atoms with Gasteiger partial charge < -0.3 is 10.2 Å². The van der Waals surface area contributed by atoms with Gasteiger partial charge in [-0.05, 0) is 18.3 Å². The Morgan fingerprint density at radius 2 is 1.95 bits per heavy atom. The Hall–Kier alpha value is -1.13. The number of piperazine rings is 1. The first-order valence-corrected chi connectivity index (χ1v) is 7.10. The molecule has 0 saturated carbocycles. The summed E-state index contributed by atoms with van der Waals surface area (Å²) < 4.78 is 12.4. The molecule has 2 amide bonds. The molecule has 110 valence electrons. The van der Waals surface area contributed by atoms with E-state index < -0.39 is 18.8 Å². The molecule has 4 nitrogen and oxygen atoms in total. The third-order valence-electron chi connectivity index (χ3n) is 3.83. The Labute approximate surface area is 114 Å². The van der Waals surface area contributed by atoms with Crippen LogP contribution < -0.4 is 5.32 Å². The SMILES string of the molecule is CCC(C)C1NC(=O)C(C(C)C)N(CCCF)C1=O. The molecule has 19 heavy (non-hydrogen) atoms. The second-order valence-electron chi connectivity index (χ2n) is 5.63. The molecule has 3 unspecified atom stereocenters. The van der Waals surface area contributed by atoms with Gasteiger partial charge in [0.2, 0.25) is 11.8 Å². The van der Waals surface area contributed by atoms with Crippen LogP contribution in [0.3, 0.4) is 0 Å². The molecule has 0 aromatic rings. The van der Waals surface area contributed by atoms with Crippen molar-refractivity contribution in [2.45, 2.75) is 52.6 Å². The molecular formula is C14H25FN2O2. The first-order chi connectivity index (χ1) is 8.93. The lowest BCUT2D eigenvalue weighted by Gasteiger charge is -2.42. The minimum atomic E-state index is -0.473. The average molecular weight is 272 g/mol. The Morgan fingerprint density at radius 1 is 1.32 bits per heavy atom. The Balaban J connectivity index is 2.94. The van der Waals surface area contributed by atoms with Gasteiger partial charge in [0.1, 0.15) is 12.1 Å². The third-order valence-corrected chi connectivity index (χ3v) is 3.83. The van der Waals surface area contributed by atoms with Gasteiger partial charge in [0.25, 0.3) is 0 Å². The first-order valence-electron chi connectivity index (χ1n) is 7.10. The maximum atomic E-state index is 12.5. The normalized spacial score (nSPS) is 25.7. The van der Waals surface area contributed by atoms with Gasteiger partial charge >= 0.3 is 0 Å². The summed E-state index contributed by atoms with van der Waals surface area (Å²) >= 11 is 0. The molecule has 1 aliphatic heterocycles. The molecular weight excluding hydrogens is 247 g/mol. The molecule has 1 rings (SSSR count). The van der Waals surface area contributed by atoms with Gasteiger partial charge in [-0.15, -0.1) is 0 Å². The van der Waals surface area contributed by atoms with Crippen LogP contribution >= 0.6 is 0 Å². The van der Waals surface area contributed by atoms with Crippen molar-refractivity contribution in [1.82, 2.24) is 10.2 Å². The van der Waals surface area contributed by atoms with E-state index in [-0.39, 0.29) is 30.1 Å². The molecule has 0 radical (unpaired) electrons. The van der Waals surface area contributed by atoms with Gasteiger partial charge in [0.05, 0.1) is 6.67 Å². The zero-order valence-electron chi connectivity index (χ0n) is 12.3. The van der Waals surface area contributed by atoms with Crippen molar-refractivity contribution in [3.63, 3.8) is 0 Å². The summed E-state index contributed by atoms with van der Waals surface area (Å²) in [4.78, 5) is 26.2. The first kappa shape index (κ1) is 15.9. The fraction of sp³-hybridized carbons (Fsp3) is 0.857. The lowest BCUT2D eigenvalue weighted by atomic mass is 9.91. The van der Waals surface area contributed by atoms with Crippen LogP contribution in [0.4, 0.5) is 4.39 Å². The van der Waals surface area contributed by atoms with E-state index in [0.29, 0.717) is 6.54 Å². The second-order valence-corrected chi connectivity index (χ2v) is 5.63. The van der Waals surface area contributed by atoms with E-state index in [2.05, 4.69) is 5.32 Å². The number of nitrogens with zero attached hydrogens (tertiary/aromatic N) is 1. The molecule has 1 N–H and O–H groups in total. The fourth-order valence-electron chi connectivity index (χ4n) is 2.52. The van der Waals surface area contributed by atoms with Crippen molar-refractivity contribution in [3.05, 3.63) is 0 Å². The van der Waals surface area contributed by atoms with Crippen LogP contribution in [0, 0.1) is 11.8 Å². The highest BCUT2D eigenvalue weighted by molar-refractivity contribution is 5.97. The Bertz CT molecular complexity index is 333. The van der Waals surface area contributed by atoms with E-state index in [1.165, 1.54) is 0 Å². The number of carbonyl (C=O) groups is 2. The average Bonchev–Trinajstić information content (AvgIpc) is 2.37. The summed E-state index contributed by atoms with van der Waals surface area (Å²) in [5.74, 6) is -0.0567. The quantitative estimate of drug-likeness (QED) is 0.800. The number of amides is 2. The molecule has 0 aliphatic carbocycles. The van der Waals surface area contributed by atoms with Crippen molar-refractivity contribution in [2.75, 3.05) is 13.2 Å². The number of rotatable bonds is 6. The molecule has 1 saturated heterocycles. The van der Waals surface area contributed by atoms with Crippen molar-refractivity contribution in [3.8, 4) is 0 Å². The summed E-state index contributed by atoms with van der Waals surface area (Å²) in [6, 6.07) is -0.938. The van der Waals surface area contributed by atoms with Gasteiger partial charge in [-0.1, -0.05) is 34.1 Å². The van der Waals surface area contributed by atoms with Crippen LogP contribution in [-0.2, 0) is 9.59 Å². The fourth-order valence-corrected chi connectivity index (χ4v) is 2.52. The number of hydrogen-bond acceptors (Lipinski definition) is 2. The van der Waals surface area contributed by atoms with E-state index in [1.54, 1.807) is 4.90 Å². The maximum Gasteiger partial charge on any atom is 0.246 e. The molecule has 3 atom stereocenters. The number of nitrogens with one attached hydrogen (secondary N) is 1. The molecule has 5 heteroatoms. The summed E-state index contributed by atoms with van der Waals surface area (Å²) in [7, 11) is 0. The molecule has 1 aliphatic rings. The van der Waals surface area contributed by atoms with Gasteiger partial charge in [-0.25, -0.2) is 0 Å².